The number of nitrogens with one attached hydrogen (secondary N) is 1. The van der Waals surface area contributed by atoms with Gasteiger partial charge in [0.05, 0.1) is 12.6 Å². The van der Waals surface area contributed by atoms with Crippen LogP contribution in [0.4, 0.5) is 11.6 Å². The Morgan fingerprint density at radius 3 is 2.97 bits per heavy atom. The van der Waals surface area contributed by atoms with Crippen LogP contribution in [0, 0.1) is 24.2 Å². The van der Waals surface area contributed by atoms with Crippen LogP contribution in [-0.4, -0.2) is 44.4 Å². The van der Waals surface area contributed by atoms with Crippen molar-refractivity contribution in [3.05, 3.63) is 35.5 Å². The largest absolute Gasteiger partial charge is 0.476 e. The molecule has 10 nitrogen and oxygen atoms in total. The summed E-state index contributed by atoms with van der Waals surface area (Å²) in [5, 5.41) is 17.1. The van der Waals surface area contributed by atoms with Crippen LogP contribution in [0.15, 0.2) is 18.6 Å². The van der Waals surface area contributed by atoms with Crippen molar-refractivity contribution in [3.63, 3.8) is 0 Å². The molecule has 1 unspecified atom stereocenters. The van der Waals surface area contributed by atoms with Crippen LogP contribution in [0.25, 0.3) is 5.52 Å². The van der Waals surface area contributed by atoms with Gasteiger partial charge in [0.2, 0.25) is 5.88 Å². The lowest BCUT2D eigenvalue weighted by Gasteiger charge is -2.22. The number of fused-ring (bicyclic) bond motifs is 1. The zero-order valence-electron chi connectivity index (χ0n) is 17.0. The van der Waals surface area contributed by atoms with Crippen LogP contribution in [0.5, 0.6) is 5.88 Å². The molecule has 0 bridgehead atoms. The SMILES string of the molecule is Cc1ccn2nc(C(C)Nc3ncnc(N)c3C#N)nc(OCC3CCOCC3)c12. The van der Waals surface area contributed by atoms with E-state index in [2.05, 4.69) is 25.4 Å². The van der Waals surface area contributed by atoms with Gasteiger partial charge >= 0.3 is 0 Å². The third-order valence-corrected chi connectivity index (χ3v) is 5.22. The molecule has 3 aromatic heterocycles. The van der Waals surface area contributed by atoms with E-state index in [9.17, 15) is 5.26 Å². The van der Waals surface area contributed by atoms with Gasteiger partial charge < -0.3 is 20.5 Å². The Balaban J connectivity index is 1.61. The van der Waals surface area contributed by atoms with Gasteiger partial charge in [0.1, 0.15) is 35.1 Å². The molecule has 0 radical (unpaired) electrons. The standard InChI is InChI=1S/C20H24N8O2/c1-12-3-6-28-16(12)20(30-10-14-4-7-29-8-5-14)26-18(27-28)13(2)25-19-15(9-21)17(22)23-11-24-19/h3,6,11,13-14H,4-5,7-8,10H2,1-2H3,(H3,22,23,24,25). The average Bonchev–Trinajstić information content (AvgIpc) is 3.14. The third kappa shape index (κ3) is 3.97. The predicted molar refractivity (Wildman–Crippen MR) is 110 cm³/mol. The Hall–Kier alpha value is -3.45. The molecule has 3 aromatic rings. The summed E-state index contributed by atoms with van der Waals surface area (Å²) in [4.78, 5) is 12.7. The minimum atomic E-state index is -0.344. The minimum Gasteiger partial charge on any atom is -0.476 e. The number of rotatable bonds is 6. The fourth-order valence-electron chi connectivity index (χ4n) is 3.44. The highest BCUT2D eigenvalue weighted by atomic mass is 16.5. The maximum atomic E-state index is 9.35. The zero-order valence-corrected chi connectivity index (χ0v) is 17.0. The highest BCUT2D eigenvalue weighted by Gasteiger charge is 2.20. The molecular formula is C20H24N8O2. The number of nitrogen functional groups attached to an aromatic ring is 1. The highest BCUT2D eigenvalue weighted by Crippen LogP contribution is 2.27. The number of aryl methyl sites for hydroxylation is 1. The second-order valence-electron chi connectivity index (χ2n) is 7.39. The lowest BCUT2D eigenvalue weighted by molar-refractivity contribution is 0.0491. The van der Waals surface area contributed by atoms with Gasteiger partial charge in [-0.25, -0.2) is 14.5 Å². The molecule has 0 aliphatic carbocycles. The Labute approximate surface area is 174 Å². The molecule has 30 heavy (non-hydrogen) atoms. The third-order valence-electron chi connectivity index (χ3n) is 5.22. The molecule has 4 rings (SSSR count). The Morgan fingerprint density at radius 2 is 2.20 bits per heavy atom. The van der Waals surface area contributed by atoms with E-state index in [1.165, 1.54) is 6.33 Å². The molecule has 4 heterocycles. The first-order valence-corrected chi connectivity index (χ1v) is 9.90. The number of nitrogens with zero attached hydrogens (tertiary/aromatic N) is 6. The molecule has 10 heteroatoms. The van der Waals surface area contributed by atoms with E-state index in [1.54, 1.807) is 4.52 Å². The maximum Gasteiger partial charge on any atom is 0.242 e. The number of hydrogen-bond acceptors (Lipinski definition) is 9. The Bertz CT molecular complexity index is 1080. The molecule has 0 saturated carbocycles. The number of anilines is 2. The van der Waals surface area contributed by atoms with E-state index in [-0.39, 0.29) is 17.4 Å². The van der Waals surface area contributed by atoms with E-state index in [4.69, 9.17) is 15.2 Å². The molecular weight excluding hydrogens is 384 g/mol. The second-order valence-corrected chi connectivity index (χ2v) is 7.39. The zero-order chi connectivity index (χ0) is 21.1. The maximum absolute atomic E-state index is 9.35. The lowest BCUT2D eigenvalue weighted by atomic mass is 10.0. The normalized spacial score (nSPS) is 15.6. The highest BCUT2D eigenvalue weighted by molar-refractivity contribution is 5.63. The van der Waals surface area contributed by atoms with E-state index < -0.39 is 0 Å². The summed E-state index contributed by atoms with van der Waals surface area (Å²) < 4.78 is 13.3. The Kier molecular flexibility index (Phi) is 5.63. The molecule has 0 aromatic carbocycles. The number of ether oxygens (including phenoxy) is 2. The monoisotopic (exact) mass is 408 g/mol. The quantitative estimate of drug-likeness (QED) is 0.629. The van der Waals surface area contributed by atoms with Gasteiger partial charge in [-0.15, -0.1) is 0 Å². The number of hydrogen-bond donors (Lipinski definition) is 2. The molecule has 1 aliphatic heterocycles. The van der Waals surface area contributed by atoms with Gasteiger partial charge in [-0.1, -0.05) is 0 Å². The average molecular weight is 408 g/mol. The first-order valence-electron chi connectivity index (χ1n) is 9.90. The molecule has 3 N–H and O–H groups in total. The first-order chi connectivity index (χ1) is 14.6. The van der Waals surface area contributed by atoms with Crippen molar-refractivity contribution < 1.29 is 9.47 Å². The van der Waals surface area contributed by atoms with Crippen molar-refractivity contribution in [1.29, 1.82) is 5.26 Å². The van der Waals surface area contributed by atoms with Crippen molar-refractivity contribution in [1.82, 2.24) is 24.6 Å². The summed E-state index contributed by atoms with van der Waals surface area (Å²) in [5.74, 6) is 1.98. The number of aromatic nitrogens is 5. The van der Waals surface area contributed by atoms with Crippen LogP contribution in [0.1, 0.15) is 42.8 Å². The van der Waals surface area contributed by atoms with Gasteiger partial charge in [-0.05, 0) is 44.2 Å². The lowest BCUT2D eigenvalue weighted by Crippen LogP contribution is -2.22. The number of nitrogens with two attached hydrogens (primary N) is 1. The fourth-order valence-corrected chi connectivity index (χ4v) is 3.44. The van der Waals surface area contributed by atoms with Crippen LogP contribution in [0.2, 0.25) is 0 Å². The van der Waals surface area contributed by atoms with Crippen LogP contribution < -0.4 is 15.8 Å². The van der Waals surface area contributed by atoms with E-state index in [1.807, 2.05) is 32.2 Å². The molecule has 1 fully saturated rings. The van der Waals surface area contributed by atoms with Gasteiger partial charge in [0.25, 0.3) is 0 Å². The molecule has 1 saturated heterocycles. The summed E-state index contributed by atoms with van der Waals surface area (Å²) >= 11 is 0. The van der Waals surface area contributed by atoms with Gasteiger partial charge in [-0.3, -0.25) is 0 Å². The minimum absolute atomic E-state index is 0.125. The van der Waals surface area contributed by atoms with Crippen LogP contribution in [0.3, 0.4) is 0 Å². The Morgan fingerprint density at radius 1 is 1.40 bits per heavy atom. The van der Waals surface area contributed by atoms with Gasteiger partial charge in [0, 0.05) is 19.4 Å². The number of nitriles is 1. The predicted octanol–water partition coefficient (Wildman–Crippen LogP) is 2.26. The van der Waals surface area contributed by atoms with E-state index >= 15 is 0 Å². The fraction of sp³-hybridized carbons (Fsp3) is 0.450. The summed E-state index contributed by atoms with van der Waals surface area (Å²) in [6, 6.07) is 3.66. The van der Waals surface area contributed by atoms with Gasteiger partial charge in [0.15, 0.2) is 5.82 Å². The summed E-state index contributed by atoms with van der Waals surface area (Å²) in [5.41, 5.74) is 7.86. The van der Waals surface area contributed by atoms with E-state index in [0.717, 1.165) is 37.1 Å². The van der Waals surface area contributed by atoms with Crippen molar-refractivity contribution in [2.24, 2.45) is 5.92 Å². The summed E-state index contributed by atoms with van der Waals surface area (Å²) in [6.07, 6.45) is 5.16. The van der Waals surface area contributed by atoms with Crippen molar-refractivity contribution in [2.75, 3.05) is 30.9 Å². The van der Waals surface area contributed by atoms with Gasteiger partial charge in [-0.2, -0.15) is 15.3 Å². The second kappa shape index (κ2) is 8.51. The summed E-state index contributed by atoms with van der Waals surface area (Å²) in [6.45, 7) is 6.02. The first kappa shape index (κ1) is 19.8. The van der Waals surface area contributed by atoms with Crippen LogP contribution >= 0.6 is 0 Å². The molecule has 156 valence electrons. The van der Waals surface area contributed by atoms with Crippen LogP contribution in [-0.2, 0) is 4.74 Å². The van der Waals surface area contributed by atoms with Crippen molar-refractivity contribution >= 4 is 17.2 Å². The summed E-state index contributed by atoms with van der Waals surface area (Å²) in [7, 11) is 0. The van der Waals surface area contributed by atoms with E-state index in [0.29, 0.717) is 30.0 Å². The molecule has 1 aliphatic rings. The molecule has 0 spiro atoms. The van der Waals surface area contributed by atoms with Crippen molar-refractivity contribution in [3.8, 4) is 11.9 Å². The smallest absolute Gasteiger partial charge is 0.242 e. The topological polar surface area (TPSA) is 136 Å². The molecule has 1 atom stereocenters. The van der Waals surface area contributed by atoms with Crippen molar-refractivity contribution in [2.45, 2.75) is 32.7 Å². The molecule has 0 amide bonds.